The number of hydrogen-bond donors (Lipinski definition) is 1. The minimum Gasteiger partial charge on any atom is -0.441 e. The van der Waals surface area contributed by atoms with Gasteiger partial charge in [-0.2, -0.15) is 0 Å². The van der Waals surface area contributed by atoms with Gasteiger partial charge in [0.1, 0.15) is 5.52 Å². The molecule has 0 aliphatic rings. The maximum atomic E-state index is 12.6. The van der Waals surface area contributed by atoms with E-state index in [1.807, 2.05) is 54.2 Å². The van der Waals surface area contributed by atoms with Gasteiger partial charge in [0, 0.05) is 37.3 Å². The van der Waals surface area contributed by atoms with E-state index >= 15 is 0 Å². The largest absolute Gasteiger partial charge is 0.441 e. The van der Waals surface area contributed by atoms with Gasteiger partial charge in [0.05, 0.1) is 11.1 Å². The number of carbonyl (C=O) groups is 1. The second kappa shape index (κ2) is 4.98. The Bertz CT molecular complexity index is 1040. The summed E-state index contributed by atoms with van der Waals surface area (Å²) in [4.78, 5) is 16.9. The summed E-state index contributed by atoms with van der Waals surface area (Å²) in [5, 5.41) is 3.97. The number of anilines is 1. The Morgan fingerprint density at radius 2 is 2.09 bits per heavy atom. The summed E-state index contributed by atoms with van der Waals surface area (Å²) in [7, 11) is 1.93. The van der Waals surface area contributed by atoms with Crippen LogP contribution in [0.5, 0.6) is 0 Å². The number of benzene rings is 2. The molecule has 0 aliphatic carbocycles. The van der Waals surface area contributed by atoms with Gasteiger partial charge in [-0.3, -0.25) is 4.79 Å². The van der Waals surface area contributed by atoms with Crippen LogP contribution in [0.2, 0.25) is 0 Å². The molecule has 0 saturated heterocycles. The molecule has 5 nitrogen and oxygen atoms in total. The van der Waals surface area contributed by atoms with Crippen LogP contribution in [0.15, 0.2) is 53.1 Å². The quantitative estimate of drug-likeness (QED) is 0.611. The van der Waals surface area contributed by atoms with Crippen LogP contribution in [0.25, 0.3) is 22.0 Å². The highest BCUT2D eigenvalue weighted by Crippen LogP contribution is 2.23. The summed E-state index contributed by atoms with van der Waals surface area (Å²) >= 11 is 0. The lowest BCUT2D eigenvalue weighted by Gasteiger charge is -2.08. The van der Waals surface area contributed by atoms with Crippen LogP contribution in [-0.4, -0.2) is 15.5 Å². The minimum absolute atomic E-state index is 0.145. The molecule has 0 radical (unpaired) electrons. The van der Waals surface area contributed by atoms with Crippen molar-refractivity contribution in [2.45, 2.75) is 6.92 Å². The number of aryl methyl sites for hydroxylation is 2. The Kier molecular flexibility index (Phi) is 2.94. The number of rotatable bonds is 2. The van der Waals surface area contributed by atoms with Crippen LogP contribution in [0.1, 0.15) is 16.2 Å². The lowest BCUT2D eigenvalue weighted by Crippen LogP contribution is -2.13. The number of hydrogen-bond acceptors (Lipinski definition) is 3. The molecule has 1 amide bonds. The number of para-hydroxylation sites is 1. The second-order valence-electron chi connectivity index (χ2n) is 5.54. The number of aromatic nitrogens is 2. The Balaban J connectivity index is 1.71. The van der Waals surface area contributed by atoms with Gasteiger partial charge in [-0.15, -0.1) is 0 Å². The van der Waals surface area contributed by atoms with Gasteiger partial charge in [0.15, 0.2) is 11.5 Å². The highest BCUT2D eigenvalue weighted by molar-refractivity contribution is 6.12. The standard InChI is InChI=1S/C18H15N3O2/c1-11-19-15-7-6-13(10-16(15)23-11)20-18(22)14-5-3-4-12-8-9-21(2)17(12)14/h3-10H,1-2H3,(H,20,22). The van der Waals surface area contributed by atoms with E-state index in [0.29, 0.717) is 22.7 Å². The van der Waals surface area contributed by atoms with Crippen molar-refractivity contribution < 1.29 is 9.21 Å². The first-order valence-electron chi connectivity index (χ1n) is 7.34. The minimum atomic E-state index is -0.145. The average Bonchev–Trinajstić information content (AvgIpc) is 3.09. The molecule has 0 fully saturated rings. The van der Waals surface area contributed by atoms with Gasteiger partial charge in [0.25, 0.3) is 5.91 Å². The summed E-state index contributed by atoms with van der Waals surface area (Å²) in [6, 6.07) is 13.2. The molecule has 0 atom stereocenters. The monoisotopic (exact) mass is 305 g/mol. The van der Waals surface area contributed by atoms with Crippen LogP contribution in [0.4, 0.5) is 5.69 Å². The van der Waals surface area contributed by atoms with Crippen molar-refractivity contribution in [3.63, 3.8) is 0 Å². The van der Waals surface area contributed by atoms with E-state index in [-0.39, 0.29) is 5.91 Å². The number of amides is 1. The lowest BCUT2D eigenvalue weighted by molar-refractivity contribution is 0.102. The zero-order valence-electron chi connectivity index (χ0n) is 12.8. The maximum absolute atomic E-state index is 12.6. The number of carbonyl (C=O) groups excluding carboxylic acids is 1. The third kappa shape index (κ3) is 2.26. The third-order valence-corrected chi connectivity index (χ3v) is 3.90. The van der Waals surface area contributed by atoms with E-state index in [4.69, 9.17) is 4.42 Å². The second-order valence-corrected chi connectivity index (χ2v) is 5.54. The molecule has 2 aromatic heterocycles. The molecule has 2 heterocycles. The molecule has 0 unspecified atom stereocenters. The lowest BCUT2D eigenvalue weighted by atomic mass is 10.1. The molecular formula is C18H15N3O2. The van der Waals surface area contributed by atoms with Gasteiger partial charge >= 0.3 is 0 Å². The molecule has 0 aliphatic heterocycles. The van der Waals surface area contributed by atoms with Crippen molar-refractivity contribution in [2.24, 2.45) is 7.05 Å². The van der Waals surface area contributed by atoms with E-state index in [1.54, 1.807) is 13.0 Å². The van der Waals surface area contributed by atoms with E-state index in [1.165, 1.54) is 0 Å². The van der Waals surface area contributed by atoms with Gasteiger partial charge in [0.2, 0.25) is 0 Å². The molecule has 2 aromatic carbocycles. The highest BCUT2D eigenvalue weighted by Gasteiger charge is 2.13. The Labute approximate surface area is 132 Å². The van der Waals surface area contributed by atoms with Crippen LogP contribution in [-0.2, 0) is 7.05 Å². The SMILES string of the molecule is Cc1nc2ccc(NC(=O)c3cccc4ccn(C)c34)cc2o1. The average molecular weight is 305 g/mol. The first kappa shape index (κ1) is 13.6. The van der Waals surface area contributed by atoms with E-state index in [0.717, 1.165) is 16.4 Å². The number of fused-ring (bicyclic) bond motifs is 2. The number of nitrogens with one attached hydrogen (secondary N) is 1. The molecule has 5 heteroatoms. The normalized spacial score (nSPS) is 11.2. The zero-order chi connectivity index (χ0) is 16.0. The van der Waals surface area contributed by atoms with Gasteiger partial charge < -0.3 is 14.3 Å². The summed E-state index contributed by atoms with van der Waals surface area (Å²) in [5.41, 5.74) is 3.69. The number of nitrogens with zero attached hydrogens (tertiary/aromatic N) is 2. The predicted molar refractivity (Wildman–Crippen MR) is 89.6 cm³/mol. The fourth-order valence-corrected chi connectivity index (χ4v) is 2.86. The Morgan fingerprint density at radius 1 is 1.22 bits per heavy atom. The Morgan fingerprint density at radius 3 is 2.96 bits per heavy atom. The van der Waals surface area contributed by atoms with Gasteiger partial charge in [-0.25, -0.2) is 4.98 Å². The van der Waals surface area contributed by atoms with Crippen molar-refractivity contribution in [1.29, 1.82) is 0 Å². The van der Waals surface area contributed by atoms with Crippen molar-refractivity contribution >= 4 is 33.6 Å². The fourth-order valence-electron chi connectivity index (χ4n) is 2.86. The highest BCUT2D eigenvalue weighted by atomic mass is 16.3. The van der Waals surface area contributed by atoms with Crippen molar-refractivity contribution in [3.05, 3.63) is 60.1 Å². The molecule has 23 heavy (non-hydrogen) atoms. The van der Waals surface area contributed by atoms with Crippen LogP contribution in [0.3, 0.4) is 0 Å². The smallest absolute Gasteiger partial charge is 0.257 e. The molecule has 0 bridgehead atoms. The van der Waals surface area contributed by atoms with Crippen molar-refractivity contribution in [1.82, 2.24) is 9.55 Å². The summed E-state index contributed by atoms with van der Waals surface area (Å²) in [6.45, 7) is 1.80. The zero-order valence-corrected chi connectivity index (χ0v) is 12.8. The van der Waals surface area contributed by atoms with E-state index < -0.39 is 0 Å². The van der Waals surface area contributed by atoms with Crippen LogP contribution < -0.4 is 5.32 Å². The first-order valence-corrected chi connectivity index (χ1v) is 7.34. The topological polar surface area (TPSA) is 60.1 Å². The van der Waals surface area contributed by atoms with Crippen molar-refractivity contribution in [3.8, 4) is 0 Å². The molecule has 0 spiro atoms. The predicted octanol–water partition coefficient (Wildman–Crippen LogP) is 3.88. The number of oxazole rings is 1. The van der Waals surface area contributed by atoms with E-state index in [2.05, 4.69) is 10.3 Å². The van der Waals surface area contributed by atoms with E-state index in [9.17, 15) is 4.79 Å². The summed E-state index contributed by atoms with van der Waals surface area (Å²) in [5.74, 6) is 0.463. The molecule has 1 N–H and O–H groups in total. The molecule has 4 rings (SSSR count). The van der Waals surface area contributed by atoms with Crippen LogP contribution >= 0.6 is 0 Å². The van der Waals surface area contributed by atoms with Gasteiger partial charge in [-0.05, 0) is 24.3 Å². The first-order chi connectivity index (χ1) is 11.1. The molecule has 4 aromatic rings. The van der Waals surface area contributed by atoms with Crippen LogP contribution in [0, 0.1) is 6.92 Å². The fraction of sp³-hybridized carbons (Fsp3) is 0.111. The molecule has 0 saturated carbocycles. The van der Waals surface area contributed by atoms with Crippen molar-refractivity contribution in [2.75, 3.05) is 5.32 Å². The summed E-state index contributed by atoms with van der Waals surface area (Å²) < 4.78 is 7.46. The third-order valence-electron chi connectivity index (χ3n) is 3.90. The molecular weight excluding hydrogens is 290 g/mol. The maximum Gasteiger partial charge on any atom is 0.257 e. The Hall–Kier alpha value is -3.08. The molecule has 114 valence electrons. The summed E-state index contributed by atoms with van der Waals surface area (Å²) in [6.07, 6.45) is 1.95. The van der Waals surface area contributed by atoms with Gasteiger partial charge in [-0.1, -0.05) is 12.1 Å².